The van der Waals surface area contributed by atoms with E-state index in [1.165, 1.54) is 6.07 Å². The van der Waals surface area contributed by atoms with E-state index in [4.69, 9.17) is 16.3 Å². The smallest absolute Gasteiger partial charge is 0.242 e. The van der Waals surface area contributed by atoms with Crippen LogP contribution in [0.15, 0.2) is 18.2 Å². The molecule has 0 bridgehead atoms. The normalized spacial score (nSPS) is 10.5. The van der Waals surface area contributed by atoms with Gasteiger partial charge >= 0.3 is 0 Å². The van der Waals surface area contributed by atoms with Crippen LogP contribution in [0.5, 0.6) is 11.6 Å². The lowest BCUT2D eigenvalue weighted by molar-refractivity contribution is 0.445. The molecule has 0 N–H and O–H groups in total. The molecule has 0 radical (unpaired) electrons. The fourth-order valence-corrected chi connectivity index (χ4v) is 1.58. The number of hydrogen-bond donors (Lipinski definition) is 0. The van der Waals surface area contributed by atoms with Crippen LogP contribution in [0.1, 0.15) is 16.7 Å². The van der Waals surface area contributed by atoms with Crippen LogP contribution in [0.3, 0.4) is 0 Å². The Morgan fingerprint density at radius 2 is 1.83 bits per heavy atom. The molecular formula is C13H12ClFN2O. The van der Waals surface area contributed by atoms with Gasteiger partial charge in [-0.15, -0.1) is 10.2 Å². The van der Waals surface area contributed by atoms with Crippen LogP contribution in [-0.4, -0.2) is 10.2 Å². The maximum Gasteiger partial charge on any atom is 0.242 e. The van der Waals surface area contributed by atoms with Gasteiger partial charge in [0.05, 0.1) is 0 Å². The second-order valence-corrected chi connectivity index (χ2v) is 4.42. The van der Waals surface area contributed by atoms with E-state index < -0.39 is 0 Å². The number of nitrogens with zero attached hydrogens (tertiary/aromatic N) is 2. The second-order valence-electron chi connectivity index (χ2n) is 4.06. The van der Waals surface area contributed by atoms with E-state index in [-0.39, 0.29) is 5.82 Å². The molecule has 5 heteroatoms. The van der Waals surface area contributed by atoms with Crippen molar-refractivity contribution in [1.29, 1.82) is 0 Å². The van der Waals surface area contributed by atoms with E-state index in [0.29, 0.717) is 22.3 Å². The highest BCUT2D eigenvalue weighted by atomic mass is 35.5. The zero-order valence-corrected chi connectivity index (χ0v) is 11.0. The Balaban J connectivity index is 2.34. The standard InChI is InChI=1S/C13H12ClFN2O/c1-7-4-5-10(6-11(7)15)18-13-9(3)8(2)12(14)16-17-13/h4-6H,1-3H3. The first kappa shape index (κ1) is 12.8. The van der Waals surface area contributed by atoms with Gasteiger partial charge < -0.3 is 4.74 Å². The molecule has 1 aromatic carbocycles. The van der Waals surface area contributed by atoms with E-state index in [1.807, 2.05) is 13.8 Å². The van der Waals surface area contributed by atoms with E-state index in [9.17, 15) is 4.39 Å². The fourth-order valence-electron chi connectivity index (χ4n) is 1.40. The highest BCUT2D eigenvalue weighted by molar-refractivity contribution is 6.30. The third kappa shape index (κ3) is 2.43. The first-order valence-electron chi connectivity index (χ1n) is 5.42. The summed E-state index contributed by atoms with van der Waals surface area (Å²) in [5, 5.41) is 7.97. The average Bonchev–Trinajstić information content (AvgIpc) is 2.34. The van der Waals surface area contributed by atoms with E-state index in [0.717, 1.165) is 11.1 Å². The lowest BCUT2D eigenvalue weighted by Gasteiger charge is -2.09. The Hall–Kier alpha value is -1.68. The van der Waals surface area contributed by atoms with Crippen LogP contribution in [-0.2, 0) is 0 Å². The van der Waals surface area contributed by atoms with Crippen molar-refractivity contribution in [2.24, 2.45) is 0 Å². The van der Waals surface area contributed by atoms with E-state index in [1.54, 1.807) is 19.1 Å². The minimum absolute atomic E-state index is 0.316. The maximum absolute atomic E-state index is 13.4. The number of ether oxygens (including phenoxy) is 1. The minimum Gasteiger partial charge on any atom is -0.437 e. The number of rotatable bonds is 2. The van der Waals surface area contributed by atoms with Gasteiger partial charge in [-0.25, -0.2) is 4.39 Å². The summed E-state index contributed by atoms with van der Waals surface area (Å²) in [7, 11) is 0. The Morgan fingerprint density at radius 1 is 1.11 bits per heavy atom. The molecule has 0 saturated carbocycles. The lowest BCUT2D eigenvalue weighted by Crippen LogP contribution is -1.98. The van der Waals surface area contributed by atoms with Crippen molar-refractivity contribution in [3.63, 3.8) is 0 Å². The van der Waals surface area contributed by atoms with Gasteiger partial charge in [-0.05, 0) is 38.0 Å². The van der Waals surface area contributed by atoms with Gasteiger partial charge in [0.15, 0.2) is 5.15 Å². The molecule has 1 aromatic heterocycles. The molecule has 0 unspecified atom stereocenters. The largest absolute Gasteiger partial charge is 0.437 e. The molecular weight excluding hydrogens is 255 g/mol. The van der Waals surface area contributed by atoms with E-state index >= 15 is 0 Å². The van der Waals surface area contributed by atoms with Crippen molar-refractivity contribution in [2.45, 2.75) is 20.8 Å². The molecule has 0 saturated heterocycles. The van der Waals surface area contributed by atoms with Gasteiger partial charge in [-0.2, -0.15) is 0 Å². The predicted octanol–water partition coefficient (Wildman–Crippen LogP) is 3.99. The molecule has 3 nitrogen and oxygen atoms in total. The average molecular weight is 267 g/mol. The molecule has 18 heavy (non-hydrogen) atoms. The van der Waals surface area contributed by atoms with Crippen LogP contribution >= 0.6 is 11.6 Å². The Bertz CT molecular complexity index is 602. The molecule has 0 aliphatic heterocycles. The molecule has 0 fully saturated rings. The Morgan fingerprint density at radius 3 is 2.50 bits per heavy atom. The summed E-state index contributed by atoms with van der Waals surface area (Å²) in [6, 6.07) is 4.65. The van der Waals surface area contributed by atoms with Crippen molar-refractivity contribution in [3.05, 3.63) is 45.9 Å². The van der Waals surface area contributed by atoms with Crippen molar-refractivity contribution in [2.75, 3.05) is 0 Å². The van der Waals surface area contributed by atoms with Crippen molar-refractivity contribution >= 4 is 11.6 Å². The van der Waals surface area contributed by atoms with Gasteiger partial charge in [-0.3, -0.25) is 0 Å². The minimum atomic E-state index is -0.316. The molecule has 0 atom stereocenters. The number of aromatic nitrogens is 2. The van der Waals surface area contributed by atoms with Crippen LogP contribution in [0.2, 0.25) is 5.15 Å². The zero-order chi connectivity index (χ0) is 13.3. The number of hydrogen-bond acceptors (Lipinski definition) is 3. The molecule has 0 aliphatic rings. The summed E-state index contributed by atoms with van der Waals surface area (Å²) in [6.45, 7) is 5.35. The van der Waals surface area contributed by atoms with Gasteiger partial charge in [-0.1, -0.05) is 17.7 Å². The highest BCUT2D eigenvalue weighted by Gasteiger charge is 2.10. The maximum atomic E-state index is 13.4. The fraction of sp³-hybridized carbons (Fsp3) is 0.231. The molecule has 94 valence electrons. The third-order valence-electron chi connectivity index (χ3n) is 2.78. The molecule has 0 spiro atoms. The molecule has 2 rings (SSSR count). The highest BCUT2D eigenvalue weighted by Crippen LogP contribution is 2.27. The predicted molar refractivity (Wildman–Crippen MR) is 67.7 cm³/mol. The second kappa shape index (κ2) is 4.90. The summed E-state index contributed by atoms with van der Waals surface area (Å²) in [5.74, 6) is 0.404. The van der Waals surface area contributed by atoms with Crippen LogP contribution in [0.4, 0.5) is 4.39 Å². The van der Waals surface area contributed by atoms with Crippen LogP contribution in [0, 0.1) is 26.6 Å². The van der Waals surface area contributed by atoms with Gasteiger partial charge in [0, 0.05) is 11.6 Å². The Kier molecular flexibility index (Phi) is 3.48. The lowest BCUT2D eigenvalue weighted by atomic mass is 10.2. The topological polar surface area (TPSA) is 35.0 Å². The molecule has 0 aliphatic carbocycles. The van der Waals surface area contributed by atoms with Gasteiger partial charge in [0.1, 0.15) is 11.6 Å². The molecule has 2 aromatic rings. The van der Waals surface area contributed by atoms with Crippen LogP contribution < -0.4 is 4.74 Å². The van der Waals surface area contributed by atoms with Gasteiger partial charge in [0.25, 0.3) is 0 Å². The first-order valence-corrected chi connectivity index (χ1v) is 5.80. The quantitative estimate of drug-likeness (QED) is 0.824. The summed E-state index contributed by atoms with van der Waals surface area (Å²) in [4.78, 5) is 0. The summed E-state index contributed by atoms with van der Waals surface area (Å²) in [6.07, 6.45) is 0. The summed E-state index contributed by atoms with van der Waals surface area (Å²) < 4.78 is 18.9. The Labute approximate surface area is 110 Å². The third-order valence-corrected chi connectivity index (χ3v) is 3.14. The molecule has 0 amide bonds. The summed E-state index contributed by atoms with van der Waals surface area (Å²) >= 11 is 5.85. The zero-order valence-electron chi connectivity index (χ0n) is 10.3. The first-order chi connectivity index (χ1) is 8.49. The van der Waals surface area contributed by atoms with Crippen molar-refractivity contribution in [3.8, 4) is 11.6 Å². The summed E-state index contributed by atoms with van der Waals surface area (Å²) in [5.41, 5.74) is 2.16. The number of benzene rings is 1. The van der Waals surface area contributed by atoms with E-state index in [2.05, 4.69) is 10.2 Å². The van der Waals surface area contributed by atoms with Gasteiger partial charge in [0.2, 0.25) is 5.88 Å². The van der Waals surface area contributed by atoms with Crippen molar-refractivity contribution in [1.82, 2.24) is 10.2 Å². The molecule has 1 heterocycles. The number of halogens is 2. The SMILES string of the molecule is Cc1ccc(Oc2nnc(Cl)c(C)c2C)cc1F. The van der Waals surface area contributed by atoms with Crippen molar-refractivity contribution < 1.29 is 9.13 Å². The number of aryl methyl sites for hydroxylation is 1. The van der Waals surface area contributed by atoms with Crippen LogP contribution in [0.25, 0.3) is 0 Å². The monoisotopic (exact) mass is 266 g/mol.